The van der Waals surface area contributed by atoms with Crippen molar-refractivity contribution in [2.75, 3.05) is 13.2 Å². The lowest BCUT2D eigenvalue weighted by molar-refractivity contribution is -0.202. The molecule has 0 unspecified atom stereocenters. The zero-order valence-corrected chi connectivity index (χ0v) is 20.6. The van der Waals surface area contributed by atoms with Gasteiger partial charge < -0.3 is 14.2 Å². The van der Waals surface area contributed by atoms with E-state index in [-0.39, 0.29) is 27.6 Å². The highest BCUT2D eigenvalue weighted by molar-refractivity contribution is 5.87. The Bertz CT molecular complexity index is 1680. The Labute approximate surface area is 222 Å². The van der Waals surface area contributed by atoms with Crippen molar-refractivity contribution in [1.29, 1.82) is 0 Å². The molecular weight excluding hydrogens is 548 g/mol. The minimum atomic E-state index is -5.01. The van der Waals surface area contributed by atoms with Gasteiger partial charge in [-0.3, -0.25) is 0 Å². The lowest BCUT2D eigenvalue weighted by Gasteiger charge is -2.27. The van der Waals surface area contributed by atoms with Crippen molar-refractivity contribution < 1.29 is 49.3 Å². The molecule has 4 aromatic rings. The average molecular weight is 566 g/mol. The summed E-state index contributed by atoms with van der Waals surface area (Å²) in [5.41, 5.74) is -0.717. The number of alkyl halides is 3. The van der Waals surface area contributed by atoms with Crippen LogP contribution in [0.1, 0.15) is 29.9 Å². The number of fused-ring (bicyclic) bond motifs is 2. The summed E-state index contributed by atoms with van der Waals surface area (Å²) in [4.78, 5) is 0. The van der Waals surface area contributed by atoms with Gasteiger partial charge in [-0.1, -0.05) is 25.0 Å². The molecule has 1 saturated heterocycles. The maximum Gasteiger partial charge on any atom is 0.458 e. The largest absolute Gasteiger partial charge is 0.483 e. The van der Waals surface area contributed by atoms with E-state index >= 15 is 4.39 Å². The molecule has 0 atom stereocenters. The third kappa shape index (κ3) is 5.55. The van der Waals surface area contributed by atoms with Crippen LogP contribution in [-0.2, 0) is 16.1 Å². The average Bonchev–Trinajstić information content (AvgIpc) is 2.87. The Morgan fingerprint density at radius 3 is 2.25 bits per heavy atom. The van der Waals surface area contributed by atoms with Gasteiger partial charge in [0.05, 0.1) is 24.2 Å². The fourth-order valence-electron chi connectivity index (χ4n) is 4.36. The van der Waals surface area contributed by atoms with E-state index in [1.807, 2.05) is 6.92 Å². The topological polar surface area (TPSA) is 27.7 Å². The molecule has 1 aliphatic heterocycles. The Hall–Kier alpha value is -3.88. The highest BCUT2D eigenvalue weighted by Gasteiger charge is 2.25. The van der Waals surface area contributed by atoms with Crippen molar-refractivity contribution in [3.05, 3.63) is 88.2 Å². The first-order chi connectivity index (χ1) is 18.9. The SMILES string of the molecule is CC1COC(c2ccc3c(F)c(OCc4cc(F)c5c(F)c(C#CC(F)(F)F)c(F)cc5c4)c(F)cc3c2)OC1. The van der Waals surface area contributed by atoms with E-state index < -0.39 is 64.9 Å². The number of ether oxygens (including phenoxy) is 3. The molecule has 0 N–H and O–H groups in total. The summed E-state index contributed by atoms with van der Waals surface area (Å²) in [5.74, 6) is -4.83. The first-order valence-electron chi connectivity index (χ1n) is 11.9. The van der Waals surface area contributed by atoms with Gasteiger partial charge in [-0.2, -0.15) is 13.2 Å². The van der Waals surface area contributed by atoms with Crippen LogP contribution in [0.3, 0.4) is 0 Å². The Kier molecular flexibility index (Phi) is 7.33. The van der Waals surface area contributed by atoms with E-state index in [1.54, 1.807) is 6.07 Å². The van der Waals surface area contributed by atoms with Crippen LogP contribution in [0, 0.1) is 46.8 Å². The fraction of sp³-hybridized carbons (Fsp3) is 0.241. The van der Waals surface area contributed by atoms with E-state index in [4.69, 9.17) is 14.2 Å². The van der Waals surface area contributed by atoms with Crippen LogP contribution in [0.5, 0.6) is 5.75 Å². The van der Waals surface area contributed by atoms with E-state index in [0.717, 1.165) is 24.1 Å². The van der Waals surface area contributed by atoms with Crippen molar-refractivity contribution in [2.45, 2.75) is 26.0 Å². The van der Waals surface area contributed by atoms with Crippen LogP contribution < -0.4 is 4.74 Å². The molecule has 1 heterocycles. The molecule has 5 rings (SSSR count). The molecule has 0 aromatic heterocycles. The molecule has 0 radical (unpaired) electrons. The Morgan fingerprint density at radius 2 is 1.55 bits per heavy atom. The smallest absolute Gasteiger partial charge is 0.458 e. The molecule has 208 valence electrons. The third-order valence-corrected chi connectivity index (χ3v) is 6.20. The summed E-state index contributed by atoms with van der Waals surface area (Å²) < 4.78 is 127. The molecule has 0 spiro atoms. The van der Waals surface area contributed by atoms with Crippen LogP contribution in [0.15, 0.2) is 42.5 Å². The standard InChI is InChI=1S/C29H18F8O3/c1-14-11-39-28(40-12-14)16-2-3-19-17(8-16)9-23(32)27(26(19)34)38-13-15-6-18-10-21(30)20(4-5-29(35,36)37)25(33)24(18)22(31)7-15/h2-3,6-10,14,28H,11-13H2,1H3. The highest BCUT2D eigenvalue weighted by Crippen LogP contribution is 2.34. The first-order valence-corrected chi connectivity index (χ1v) is 11.9. The van der Waals surface area contributed by atoms with Gasteiger partial charge >= 0.3 is 6.18 Å². The second-order valence-electron chi connectivity index (χ2n) is 9.35. The summed E-state index contributed by atoms with van der Waals surface area (Å²) in [6.45, 7) is 2.31. The van der Waals surface area contributed by atoms with Gasteiger partial charge in [-0.05, 0) is 46.7 Å². The zero-order valence-electron chi connectivity index (χ0n) is 20.6. The minimum Gasteiger partial charge on any atom is -0.483 e. The van der Waals surface area contributed by atoms with Crippen LogP contribution in [-0.4, -0.2) is 19.4 Å². The molecule has 0 bridgehead atoms. The van der Waals surface area contributed by atoms with Crippen molar-refractivity contribution >= 4 is 21.5 Å². The summed E-state index contributed by atoms with van der Waals surface area (Å²) in [6, 6.07) is 8.03. The molecule has 0 aliphatic carbocycles. The summed E-state index contributed by atoms with van der Waals surface area (Å²) in [7, 11) is 0. The number of hydrogen-bond acceptors (Lipinski definition) is 3. The van der Waals surface area contributed by atoms with E-state index in [1.165, 1.54) is 18.1 Å². The summed E-state index contributed by atoms with van der Waals surface area (Å²) in [6.07, 6.45) is -5.69. The number of rotatable bonds is 4. The van der Waals surface area contributed by atoms with Gasteiger partial charge in [-0.25, -0.2) is 22.0 Å². The fourth-order valence-corrected chi connectivity index (χ4v) is 4.36. The maximum atomic E-state index is 15.2. The van der Waals surface area contributed by atoms with Crippen LogP contribution in [0.4, 0.5) is 35.1 Å². The molecule has 3 nitrogen and oxygen atoms in total. The first kappa shape index (κ1) is 27.7. The van der Waals surface area contributed by atoms with Gasteiger partial charge in [0.1, 0.15) is 18.2 Å². The Morgan fingerprint density at radius 1 is 0.850 bits per heavy atom. The molecular formula is C29H18F8O3. The third-order valence-electron chi connectivity index (χ3n) is 6.20. The predicted octanol–water partition coefficient (Wildman–Crippen LogP) is 7.86. The van der Waals surface area contributed by atoms with Crippen LogP contribution >= 0.6 is 0 Å². The molecule has 0 saturated carbocycles. The van der Waals surface area contributed by atoms with Crippen molar-refractivity contribution in [1.82, 2.24) is 0 Å². The predicted molar refractivity (Wildman–Crippen MR) is 129 cm³/mol. The molecule has 11 heteroatoms. The second-order valence-corrected chi connectivity index (χ2v) is 9.35. The van der Waals surface area contributed by atoms with Gasteiger partial charge in [0, 0.05) is 22.8 Å². The minimum absolute atomic E-state index is 0.0330. The van der Waals surface area contributed by atoms with Gasteiger partial charge in [-0.15, -0.1) is 0 Å². The van der Waals surface area contributed by atoms with Gasteiger partial charge in [0.25, 0.3) is 0 Å². The normalized spacial score (nSPS) is 17.6. The van der Waals surface area contributed by atoms with Crippen molar-refractivity contribution in [3.8, 4) is 17.6 Å². The van der Waals surface area contributed by atoms with Gasteiger partial charge in [0.2, 0.25) is 0 Å². The van der Waals surface area contributed by atoms with E-state index in [0.29, 0.717) is 24.8 Å². The quantitative estimate of drug-likeness (QED) is 0.186. The van der Waals surface area contributed by atoms with Crippen molar-refractivity contribution in [2.24, 2.45) is 5.92 Å². The Balaban J connectivity index is 1.42. The number of hydrogen-bond donors (Lipinski definition) is 0. The van der Waals surface area contributed by atoms with Crippen LogP contribution in [0.25, 0.3) is 21.5 Å². The number of halogens is 8. The number of benzene rings is 4. The zero-order chi connectivity index (χ0) is 28.8. The lowest BCUT2D eigenvalue weighted by Crippen LogP contribution is -2.24. The summed E-state index contributed by atoms with van der Waals surface area (Å²) >= 11 is 0. The molecule has 1 fully saturated rings. The summed E-state index contributed by atoms with van der Waals surface area (Å²) in [5, 5.41) is -0.890. The maximum absolute atomic E-state index is 15.2. The molecule has 40 heavy (non-hydrogen) atoms. The van der Waals surface area contributed by atoms with Crippen LogP contribution in [0.2, 0.25) is 0 Å². The molecule has 1 aliphatic rings. The van der Waals surface area contributed by atoms with E-state index in [2.05, 4.69) is 0 Å². The monoisotopic (exact) mass is 566 g/mol. The second kappa shape index (κ2) is 10.6. The molecule has 4 aromatic carbocycles. The molecule has 0 amide bonds. The highest BCUT2D eigenvalue weighted by atomic mass is 19.4. The van der Waals surface area contributed by atoms with Gasteiger partial charge in [0.15, 0.2) is 29.5 Å². The van der Waals surface area contributed by atoms with E-state index in [9.17, 15) is 30.7 Å². The lowest BCUT2D eigenvalue weighted by atomic mass is 10.0. The van der Waals surface area contributed by atoms with Crippen molar-refractivity contribution in [3.63, 3.8) is 0 Å².